The minimum Gasteiger partial charge on any atom is -0.422 e. The number of hydrogen-bond acceptors (Lipinski definition) is 6. The van der Waals surface area contributed by atoms with Gasteiger partial charge in [0.25, 0.3) is 5.91 Å². The Morgan fingerprint density at radius 3 is 2.40 bits per heavy atom. The van der Waals surface area contributed by atoms with Crippen molar-refractivity contribution < 1.29 is 23.9 Å². The maximum atomic E-state index is 12.8. The van der Waals surface area contributed by atoms with Crippen molar-refractivity contribution in [1.82, 2.24) is 10.7 Å². The van der Waals surface area contributed by atoms with E-state index in [-0.39, 0.29) is 28.9 Å². The fourth-order valence-electron chi connectivity index (χ4n) is 4.15. The molecule has 0 saturated heterocycles. The molecule has 3 N–H and O–H groups in total. The van der Waals surface area contributed by atoms with Crippen LogP contribution in [0.1, 0.15) is 58.4 Å². The molecule has 9 nitrogen and oxygen atoms in total. The first kappa shape index (κ1) is 29.0. The number of hydrazone groups is 1. The molecule has 206 valence electrons. The molecule has 0 aliphatic heterocycles. The Morgan fingerprint density at radius 1 is 0.925 bits per heavy atom. The summed E-state index contributed by atoms with van der Waals surface area (Å²) in [6.45, 7) is 0. The smallest absolute Gasteiger partial charge is 0.343 e. The minimum absolute atomic E-state index is 0.0935. The molecule has 0 radical (unpaired) electrons. The molecule has 0 atom stereocenters. The Labute approximate surface area is 244 Å². The standard InChI is InChI=1S/C29H26BrClN4O5/c30-20-12-15-25(40-29(39)18-10-13-21(31)14-11-18)19(16-20)17-32-35-28(38)27(37)34-24-9-5-4-8-23(24)26(36)33-22-6-2-1-3-7-22/h4-5,8-17,22H,1-3,6-7H2,(H,33,36)(H,34,37)(H,35,38)/b32-17-. The van der Waals surface area contributed by atoms with Crippen molar-refractivity contribution in [2.75, 3.05) is 5.32 Å². The summed E-state index contributed by atoms with van der Waals surface area (Å²) in [6.07, 6.45) is 6.37. The van der Waals surface area contributed by atoms with Crippen LogP contribution in [0.25, 0.3) is 0 Å². The number of nitrogens with one attached hydrogen (secondary N) is 3. The van der Waals surface area contributed by atoms with Crippen LogP contribution in [0.2, 0.25) is 5.02 Å². The number of hydrogen-bond donors (Lipinski definition) is 3. The number of halogens is 2. The first-order chi connectivity index (χ1) is 19.3. The fourth-order valence-corrected chi connectivity index (χ4v) is 4.65. The van der Waals surface area contributed by atoms with E-state index in [4.69, 9.17) is 16.3 Å². The van der Waals surface area contributed by atoms with Gasteiger partial charge in [-0.2, -0.15) is 5.10 Å². The number of anilines is 1. The zero-order valence-electron chi connectivity index (χ0n) is 21.3. The Kier molecular flexibility index (Phi) is 10.0. The third-order valence-electron chi connectivity index (χ3n) is 6.19. The molecule has 3 aromatic carbocycles. The second-order valence-electron chi connectivity index (χ2n) is 9.09. The summed E-state index contributed by atoms with van der Waals surface area (Å²) < 4.78 is 6.15. The summed E-state index contributed by atoms with van der Waals surface area (Å²) in [6, 6.07) is 17.7. The van der Waals surface area contributed by atoms with E-state index in [1.807, 2.05) is 0 Å². The van der Waals surface area contributed by atoms with Gasteiger partial charge in [-0.1, -0.05) is 58.9 Å². The molecule has 1 aliphatic rings. The summed E-state index contributed by atoms with van der Waals surface area (Å²) in [5.41, 5.74) is 3.29. The summed E-state index contributed by atoms with van der Waals surface area (Å²) in [5.74, 6) is -2.78. The SMILES string of the molecule is O=C(N/N=C\c1cc(Br)ccc1OC(=O)c1ccc(Cl)cc1)C(=O)Nc1ccccc1C(=O)NC1CCCCC1. The zero-order valence-corrected chi connectivity index (χ0v) is 23.6. The molecule has 4 rings (SSSR count). The number of carbonyl (C=O) groups is 4. The maximum Gasteiger partial charge on any atom is 0.343 e. The van der Waals surface area contributed by atoms with E-state index in [0.29, 0.717) is 20.6 Å². The lowest BCUT2D eigenvalue weighted by atomic mass is 9.95. The van der Waals surface area contributed by atoms with Gasteiger partial charge in [-0.05, 0) is 67.4 Å². The molecular formula is C29H26BrClN4O5. The van der Waals surface area contributed by atoms with Gasteiger partial charge in [0.05, 0.1) is 23.0 Å². The Hall–Kier alpha value is -4.02. The van der Waals surface area contributed by atoms with Gasteiger partial charge < -0.3 is 15.4 Å². The number of para-hydroxylation sites is 1. The average molecular weight is 626 g/mol. The van der Waals surface area contributed by atoms with E-state index < -0.39 is 17.8 Å². The van der Waals surface area contributed by atoms with Crippen LogP contribution in [-0.2, 0) is 9.59 Å². The van der Waals surface area contributed by atoms with Crippen molar-refractivity contribution in [3.63, 3.8) is 0 Å². The first-order valence-electron chi connectivity index (χ1n) is 12.6. The highest BCUT2D eigenvalue weighted by molar-refractivity contribution is 9.10. The number of carbonyl (C=O) groups excluding carboxylic acids is 4. The van der Waals surface area contributed by atoms with Crippen molar-refractivity contribution in [2.45, 2.75) is 38.1 Å². The van der Waals surface area contributed by atoms with Crippen molar-refractivity contribution in [3.05, 3.63) is 92.9 Å². The second kappa shape index (κ2) is 13.9. The van der Waals surface area contributed by atoms with Crippen LogP contribution < -0.4 is 20.8 Å². The van der Waals surface area contributed by atoms with E-state index in [9.17, 15) is 19.2 Å². The summed E-state index contributed by atoms with van der Waals surface area (Å²) in [5, 5.41) is 9.80. The summed E-state index contributed by atoms with van der Waals surface area (Å²) in [4.78, 5) is 50.3. The molecule has 1 saturated carbocycles. The number of benzene rings is 3. The molecule has 0 spiro atoms. The average Bonchev–Trinajstić information content (AvgIpc) is 2.95. The predicted octanol–water partition coefficient (Wildman–Crippen LogP) is 5.47. The molecule has 0 unspecified atom stereocenters. The number of esters is 1. The van der Waals surface area contributed by atoms with Crippen molar-refractivity contribution in [1.29, 1.82) is 0 Å². The van der Waals surface area contributed by atoms with Gasteiger partial charge in [-0.3, -0.25) is 14.4 Å². The molecule has 40 heavy (non-hydrogen) atoms. The van der Waals surface area contributed by atoms with Crippen LogP contribution in [0.3, 0.4) is 0 Å². The Morgan fingerprint density at radius 2 is 1.65 bits per heavy atom. The fraction of sp³-hybridized carbons (Fsp3) is 0.207. The van der Waals surface area contributed by atoms with Crippen molar-refractivity contribution >= 4 is 63.1 Å². The minimum atomic E-state index is -1.05. The maximum absolute atomic E-state index is 12.8. The van der Waals surface area contributed by atoms with Crippen LogP contribution >= 0.6 is 27.5 Å². The van der Waals surface area contributed by atoms with E-state index in [1.165, 1.54) is 18.3 Å². The van der Waals surface area contributed by atoms with Gasteiger partial charge in [0.1, 0.15) is 5.75 Å². The first-order valence-corrected chi connectivity index (χ1v) is 13.8. The molecule has 3 amide bonds. The monoisotopic (exact) mass is 624 g/mol. The topological polar surface area (TPSA) is 126 Å². The lowest BCUT2D eigenvalue weighted by molar-refractivity contribution is -0.136. The van der Waals surface area contributed by atoms with E-state index >= 15 is 0 Å². The summed E-state index contributed by atoms with van der Waals surface area (Å²) in [7, 11) is 0. The quantitative estimate of drug-likeness (QED) is 0.106. The molecule has 11 heteroatoms. The van der Waals surface area contributed by atoms with E-state index in [1.54, 1.807) is 54.6 Å². The third-order valence-corrected chi connectivity index (χ3v) is 6.94. The van der Waals surface area contributed by atoms with Crippen LogP contribution in [0.15, 0.2) is 76.3 Å². The lowest BCUT2D eigenvalue weighted by Gasteiger charge is -2.23. The molecule has 0 heterocycles. The highest BCUT2D eigenvalue weighted by atomic mass is 79.9. The van der Waals surface area contributed by atoms with Gasteiger partial charge in [-0.15, -0.1) is 0 Å². The highest BCUT2D eigenvalue weighted by Crippen LogP contribution is 2.23. The number of nitrogens with zero attached hydrogens (tertiary/aromatic N) is 1. The number of ether oxygens (including phenoxy) is 1. The van der Waals surface area contributed by atoms with Crippen LogP contribution in [-0.4, -0.2) is 35.9 Å². The largest absolute Gasteiger partial charge is 0.422 e. The van der Waals surface area contributed by atoms with Crippen molar-refractivity contribution in [3.8, 4) is 5.75 Å². The molecule has 0 aromatic heterocycles. The third kappa shape index (κ3) is 8.00. The second-order valence-corrected chi connectivity index (χ2v) is 10.4. The molecule has 0 bridgehead atoms. The predicted molar refractivity (Wildman–Crippen MR) is 156 cm³/mol. The van der Waals surface area contributed by atoms with Crippen molar-refractivity contribution in [2.24, 2.45) is 5.10 Å². The molecule has 1 fully saturated rings. The van der Waals surface area contributed by atoms with Gasteiger partial charge in [0.2, 0.25) is 0 Å². The van der Waals surface area contributed by atoms with E-state index in [0.717, 1.165) is 32.1 Å². The Balaban J connectivity index is 1.38. The lowest BCUT2D eigenvalue weighted by Crippen LogP contribution is -2.37. The van der Waals surface area contributed by atoms with Gasteiger partial charge in [0, 0.05) is 21.1 Å². The van der Waals surface area contributed by atoms with Crippen LogP contribution in [0.5, 0.6) is 5.75 Å². The molecule has 3 aromatic rings. The van der Waals surface area contributed by atoms with Crippen LogP contribution in [0, 0.1) is 0 Å². The Bertz CT molecular complexity index is 1440. The number of rotatable bonds is 7. The normalized spacial score (nSPS) is 13.4. The van der Waals surface area contributed by atoms with Crippen LogP contribution in [0.4, 0.5) is 5.69 Å². The zero-order chi connectivity index (χ0) is 28.5. The van der Waals surface area contributed by atoms with Gasteiger partial charge in [-0.25, -0.2) is 10.2 Å². The highest BCUT2D eigenvalue weighted by Gasteiger charge is 2.21. The molecule has 1 aliphatic carbocycles. The number of amides is 3. The van der Waals surface area contributed by atoms with E-state index in [2.05, 4.69) is 37.1 Å². The van der Waals surface area contributed by atoms with Gasteiger partial charge in [0.15, 0.2) is 0 Å². The van der Waals surface area contributed by atoms with Gasteiger partial charge >= 0.3 is 17.8 Å². The molecular weight excluding hydrogens is 600 g/mol. The summed E-state index contributed by atoms with van der Waals surface area (Å²) >= 11 is 9.22.